The largest absolute Gasteiger partial charge is 0.487 e. The second-order valence-electron chi connectivity index (χ2n) is 19.9. The van der Waals surface area contributed by atoms with E-state index in [9.17, 15) is 37.2 Å². The van der Waals surface area contributed by atoms with Crippen LogP contribution < -0.4 is 47.4 Å². The van der Waals surface area contributed by atoms with E-state index in [1.165, 1.54) is 12.1 Å². The third-order valence-electron chi connectivity index (χ3n) is 11.9. The molecule has 8 N–H and O–H groups in total. The number of unbranched alkanes of at least 4 members (excludes halogenated alkanes) is 1. The van der Waals surface area contributed by atoms with E-state index >= 15 is 0 Å². The van der Waals surface area contributed by atoms with Crippen LogP contribution in [0.25, 0.3) is 21.4 Å². The molecule has 2 aromatic carbocycles. The number of hydrogen-bond acceptors (Lipinski definition) is 16. The summed E-state index contributed by atoms with van der Waals surface area (Å²) in [5.41, 5.74) is 16.4. The van der Waals surface area contributed by atoms with Crippen molar-refractivity contribution in [3.05, 3.63) is 72.9 Å². The molecule has 1 aromatic heterocycles. The number of guanidine groups is 1. The number of hydrogen-bond donors (Lipinski definition) is 7. The van der Waals surface area contributed by atoms with Gasteiger partial charge in [-0.15, -0.1) is 0 Å². The molecule has 0 radical (unpaired) electrons. The normalized spacial score (nSPS) is 13.8. The van der Waals surface area contributed by atoms with E-state index in [0.717, 1.165) is 5.56 Å². The third kappa shape index (κ3) is 20.8. The first kappa shape index (κ1) is 62.5. The van der Waals surface area contributed by atoms with Crippen LogP contribution in [-0.4, -0.2) is 133 Å². The van der Waals surface area contributed by atoms with E-state index in [1.807, 2.05) is 13.8 Å². The molecule has 0 fully saturated rings. The number of carbonyl (C=O) groups is 5. The van der Waals surface area contributed by atoms with Crippen LogP contribution in [0.1, 0.15) is 101 Å². The highest BCUT2D eigenvalue weighted by atomic mass is 32.2. The summed E-state index contributed by atoms with van der Waals surface area (Å²) < 4.78 is 62.8. The maximum Gasteiger partial charge on any atom is 0.407 e. The number of nitrogens with zero attached hydrogens (tertiary/aromatic N) is 4. The minimum atomic E-state index is -4.20. The molecular weight excluding hydrogens is 1020 g/mol. The van der Waals surface area contributed by atoms with Gasteiger partial charge in [0.1, 0.15) is 34.6 Å². The molecule has 424 valence electrons. The minimum absolute atomic E-state index is 0.0170. The molecule has 0 saturated heterocycles. The fourth-order valence-electron chi connectivity index (χ4n) is 8.17. The van der Waals surface area contributed by atoms with Crippen molar-refractivity contribution in [3.63, 3.8) is 0 Å². The molecule has 1 aliphatic heterocycles. The predicted molar refractivity (Wildman–Crippen MR) is 287 cm³/mol. The second-order valence-corrected chi connectivity index (χ2v) is 21.6. The van der Waals surface area contributed by atoms with E-state index < -0.39 is 75.2 Å². The number of azide groups is 1. The monoisotopic (exact) mass is 1100 g/mol. The Kier molecular flexibility index (Phi) is 24.0. The van der Waals surface area contributed by atoms with Gasteiger partial charge in [-0.3, -0.25) is 24.2 Å². The van der Waals surface area contributed by atoms with Gasteiger partial charge < -0.3 is 60.4 Å². The summed E-state index contributed by atoms with van der Waals surface area (Å²) in [7, 11) is -4.20. The van der Waals surface area contributed by atoms with Crippen molar-refractivity contribution in [1.82, 2.24) is 26.0 Å². The second kappa shape index (κ2) is 29.5. The lowest BCUT2D eigenvalue weighted by Gasteiger charge is -2.21. The number of carbonyl (C=O) groups excluding carboxylic acids is 5. The smallest absolute Gasteiger partial charge is 0.407 e. The Morgan fingerprint density at radius 2 is 1.48 bits per heavy atom. The van der Waals surface area contributed by atoms with Gasteiger partial charge in [-0.1, -0.05) is 5.11 Å². The highest BCUT2D eigenvalue weighted by molar-refractivity contribution is 7.90. The van der Waals surface area contributed by atoms with Crippen LogP contribution in [0.4, 0.5) is 10.5 Å². The number of rotatable bonds is 30. The summed E-state index contributed by atoms with van der Waals surface area (Å²) in [6, 6.07) is 3.81. The Balaban J connectivity index is 1.40. The van der Waals surface area contributed by atoms with E-state index in [1.54, 1.807) is 60.6 Å². The molecule has 0 saturated carbocycles. The Labute approximate surface area is 448 Å². The summed E-state index contributed by atoms with van der Waals surface area (Å²) in [5.74, 6) is -2.36. The number of sulfonamides is 1. The van der Waals surface area contributed by atoms with Crippen molar-refractivity contribution in [3.8, 4) is 5.75 Å². The highest BCUT2D eigenvalue weighted by Crippen LogP contribution is 2.43. The van der Waals surface area contributed by atoms with Crippen LogP contribution in [0.2, 0.25) is 0 Å². The zero-order chi connectivity index (χ0) is 56.9. The molecule has 4 rings (SSSR count). The number of amides is 5. The number of aliphatic imine (C=N–C) groups is 1. The van der Waals surface area contributed by atoms with Crippen LogP contribution >= 0.6 is 0 Å². The summed E-state index contributed by atoms with van der Waals surface area (Å²) in [6.45, 7) is 17.0. The van der Waals surface area contributed by atoms with Gasteiger partial charge in [0.2, 0.25) is 29.6 Å². The maximum absolute atomic E-state index is 13.8. The number of fused-ring (bicyclic) bond motifs is 2. The summed E-state index contributed by atoms with van der Waals surface area (Å²) in [5, 5.41) is 17.3. The van der Waals surface area contributed by atoms with Crippen LogP contribution in [0.5, 0.6) is 5.75 Å². The molecule has 25 nitrogen and oxygen atoms in total. The molecule has 1 aliphatic rings. The number of nitrogens with one attached hydrogen (secondary N) is 6. The topological polar surface area (TPSA) is 355 Å². The Morgan fingerprint density at radius 1 is 0.831 bits per heavy atom. The molecule has 0 bridgehead atoms. The first-order valence-electron chi connectivity index (χ1n) is 25.4. The summed E-state index contributed by atoms with van der Waals surface area (Å²) in [4.78, 5) is 85.3. The van der Waals surface area contributed by atoms with Gasteiger partial charge >= 0.3 is 11.7 Å². The number of benzene rings is 2. The number of aryl methyl sites for hydroxylation is 1. The molecular formula is C51H75N11O14S. The number of nitrogens with two attached hydrogens (primary N) is 1. The molecule has 0 spiro atoms. The fourth-order valence-corrected chi connectivity index (χ4v) is 9.70. The first-order valence-corrected chi connectivity index (χ1v) is 26.9. The maximum atomic E-state index is 13.8. The number of anilines is 1. The summed E-state index contributed by atoms with van der Waals surface area (Å²) >= 11 is 0. The van der Waals surface area contributed by atoms with Crippen molar-refractivity contribution in [2.75, 3.05) is 71.1 Å². The van der Waals surface area contributed by atoms with E-state index in [-0.39, 0.29) is 107 Å². The van der Waals surface area contributed by atoms with Crippen molar-refractivity contribution >= 4 is 62.4 Å². The third-order valence-corrected chi connectivity index (χ3v) is 13.5. The zero-order valence-electron chi connectivity index (χ0n) is 45.5. The van der Waals surface area contributed by atoms with Gasteiger partial charge in [0.25, 0.3) is 10.0 Å². The Morgan fingerprint density at radius 3 is 2.17 bits per heavy atom. The molecule has 77 heavy (non-hydrogen) atoms. The average molecular weight is 1100 g/mol. The van der Waals surface area contributed by atoms with Crippen LogP contribution in [0.15, 0.2) is 48.5 Å². The SMILES string of the molecule is Cc1c(C)c(S(=O)(=O)NC(N)=NCCCC(NC(=O)CCOCCOCCOCCN=[N+]=[N-])C(=O)NCC(=O)NC(CCCCNC(=O)OC(C)(C)C)C(=O)Nc2ccc3c(C)cc(=O)oc3c2)c(C)c2c1OC(C)(C)C2. The van der Waals surface area contributed by atoms with Crippen molar-refractivity contribution in [1.29, 1.82) is 0 Å². The molecule has 26 heteroatoms. The van der Waals surface area contributed by atoms with E-state index in [4.69, 9.17) is 39.4 Å². The Hall–Kier alpha value is -6.99. The molecule has 0 aliphatic carbocycles. The predicted octanol–water partition coefficient (Wildman–Crippen LogP) is 4.28. The lowest BCUT2D eigenvalue weighted by molar-refractivity contribution is -0.131. The van der Waals surface area contributed by atoms with Crippen molar-refractivity contribution in [2.45, 2.75) is 135 Å². The van der Waals surface area contributed by atoms with Gasteiger partial charge in [0.15, 0.2) is 0 Å². The van der Waals surface area contributed by atoms with Gasteiger partial charge in [-0.25, -0.2) is 22.7 Å². The van der Waals surface area contributed by atoms with Crippen molar-refractivity contribution < 1.29 is 60.5 Å². The lowest BCUT2D eigenvalue weighted by atomic mass is 9.94. The van der Waals surface area contributed by atoms with Gasteiger partial charge in [0, 0.05) is 66.2 Å². The lowest BCUT2D eigenvalue weighted by Crippen LogP contribution is -2.51. The van der Waals surface area contributed by atoms with Gasteiger partial charge in [-0.2, -0.15) is 0 Å². The summed E-state index contributed by atoms with van der Waals surface area (Å²) in [6.07, 6.45) is 0.771. The van der Waals surface area contributed by atoms with Crippen LogP contribution in [0.3, 0.4) is 0 Å². The number of alkyl carbamates (subject to hydrolysis) is 1. The molecule has 3 aromatic rings. The van der Waals surface area contributed by atoms with E-state index in [0.29, 0.717) is 52.7 Å². The zero-order valence-corrected chi connectivity index (χ0v) is 46.3. The van der Waals surface area contributed by atoms with Crippen LogP contribution in [-0.2, 0) is 54.6 Å². The molecule has 5 amide bonds. The fraction of sp³-hybridized carbons (Fsp3) is 0.588. The highest BCUT2D eigenvalue weighted by Gasteiger charge is 2.37. The number of ether oxygens (including phenoxy) is 5. The molecule has 2 heterocycles. The van der Waals surface area contributed by atoms with Gasteiger partial charge in [-0.05, 0) is 134 Å². The Bertz CT molecular complexity index is 2820. The quantitative estimate of drug-likeness (QED) is 0.00932. The van der Waals surface area contributed by atoms with Crippen LogP contribution in [0, 0.1) is 27.7 Å². The standard InChI is InChI=1S/C51H75N11O14S/c1-31-27-43(65)74-40-28-35(15-16-36(31)40)58-47(67)39(13-10-11-18-55-49(68)76-50(5,6)7)60-42(64)30-56-46(66)38(59-41(63)17-21-71-23-25-73-26-24-72-22-20-57-62-53)14-12-19-54-48(52)61-77(69,70)45-33(3)32(2)44-37(34(45)4)29-51(8,9)75-44/h15-16,27-28,38-39H,10-14,17-26,29-30H2,1-9H3,(H,55,68)(H,56,66)(H,58,67)(H,59,63)(H,60,64)(H3,52,54,61). The minimum Gasteiger partial charge on any atom is -0.487 e. The molecule has 2 unspecified atom stereocenters. The molecule has 2 atom stereocenters. The van der Waals surface area contributed by atoms with Gasteiger partial charge in [0.05, 0.1) is 51.1 Å². The average Bonchev–Trinajstić information content (AvgIpc) is 3.71. The first-order chi connectivity index (χ1) is 36.3. The van der Waals surface area contributed by atoms with E-state index in [2.05, 4.69) is 46.3 Å². The van der Waals surface area contributed by atoms with Crippen molar-refractivity contribution in [2.24, 2.45) is 15.8 Å².